The van der Waals surface area contributed by atoms with E-state index in [0.29, 0.717) is 0 Å². The maximum Gasteiger partial charge on any atom is 0.0726 e. The Labute approximate surface area is 434 Å². The molecule has 0 aliphatic heterocycles. The molecule has 1 fully saturated rings. The van der Waals surface area contributed by atoms with Gasteiger partial charge in [-0.1, -0.05) is 213 Å². The number of hydrogen-bond acceptors (Lipinski definition) is 2. The van der Waals surface area contributed by atoms with E-state index in [1.165, 1.54) is 167 Å². The van der Waals surface area contributed by atoms with Crippen LogP contribution in [0.3, 0.4) is 0 Å². The maximum atomic E-state index is 2.71. The molecule has 1 heterocycles. The van der Waals surface area contributed by atoms with Crippen molar-refractivity contribution < 1.29 is 0 Å². The highest BCUT2D eigenvalue weighted by atomic mass is 32.1. The largest absolute Gasteiger partial charge is 0.309 e. The van der Waals surface area contributed by atoms with Crippen LogP contribution in [0.25, 0.3) is 97.0 Å². The first-order valence-electron chi connectivity index (χ1n) is 26.5. The zero-order valence-corrected chi connectivity index (χ0v) is 41.5. The molecule has 13 aromatic rings. The summed E-state index contributed by atoms with van der Waals surface area (Å²) < 4.78 is 2.63. The van der Waals surface area contributed by atoms with Crippen molar-refractivity contribution in [3.8, 4) is 44.5 Å². The normalized spacial score (nSPS) is 15.0. The average molecular weight is 958 g/mol. The molecule has 12 aromatic carbocycles. The van der Waals surface area contributed by atoms with Crippen LogP contribution in [0.4, 0.5) is 17.1 Å². The minimum Gasteiger partial charge on any atom is -0.309 e. The van der Waals surface area contributed by atoms with Gasteiger partial charge in [-0.25, -0.2) is 0 Å². The molecule has 4 aliphatic carbocycles. The van der Waals surface area contributed by atoms with Crippen molar-refractivity contribution in [2.45, 2.75) is 36.5 Å². The number of thiophene rings is 1. The summed E-state index contributed by atoms with van der Waals surface area (Å²) in [6, 6.07) is 91.1. The van der Waals surface area contributed by atoms with Crippen LogP contribution in [0.5, 0.6) is 0 Å². The van der Waals surface area contributed by atoms with Crippen molar-refractivity contribution >= 4 is 80.9 Å². The highest BCUT2D eigenvalue weighted by Gasteiger charge is 2.52. The van der Waals surface area contributed by atoms with Crippen molar-refractivity contribution in [1.82, 2.24) is 0 Å². The molecular weight excluding hydrogens is 911 g/mol. The van der Waals surface area contributed by atoms with E-state index >= 15 is 0 Å². The number of anilines is 3. The molecule has 0 N–H and O–H groups in total. The minimum absolute atomic E-state index is 0.00147. The Morgan fingerprint density at radius 1 is 0.311 bits per heavy atom. The molecule has 1 saturated carbocycles. The Morgan fingerprint density at radius 3 is 1.49 bits per heavy atom. The lowest BCUT2D eigenvalue weighted by Crippen LogP contribution is -2.26. The molecule has 0 bridgehead atoms. The Bertz CT molecular complexity index is 4500. The summed E-state index contributed by atoms with van der Waals surface area (Å²) >= 11 is 1.92. The van der Waals surface area contributed by atoms with Crippen molar-refractivity contribution in [2.24, 2.45) is 0 Å². The highest BCUT2D eigenvalue weighted by molar-refractivity contribution is 7.26. The van der Waals surface area contributed by atoms with Crippen LogP contribution in [0.2, 0.25) is 0 Å². The second-order valence-electron chi connectivity index (χ2n) is 21.3. The van der Waals surface area contributed by atoms with E-state index in [4.69, 9.17) is 0 Å². The number of fused-ring (bicyclic) bond motifs is 24. The summed E-state index contributed by atoms with van der Waals surface area (Å²) in [7, 11) is 0. The fourth-order valence-corrected chi connectivity index (χ4v) is 16.3. The predicted molar refractivity (Wildman–Crippen MR) is 313 cm³/mol. The van der Waals surface area contributed by atoms with Gasteiger partial charge >= 0.3 is 0 Å². The van der Waals surface area contributed by atoms with Gasteiger partial charge in [-0.15, -0.1) is 11.3 Å². The standard InChI is InChI=1S/C72H47NS/c1-2-21-47-45(19-1)46-20-3-4-22-48(46)57-41-44(37-38-49(47)57)73(66-35-18-34-64-69(66)56-27-8-10-30-60(56)71(64)39-15-16-40-71)67-43-65-58(42-59(67)55-29-17-28-54-53-26-9-14-36-68(53)74-70(54)55)52-25-7-13-33-63(52)72(65)61-31-11-5-23-50(61)51-24-6-12-32-62(51)72/h1-14,17-38,41-43H,15-16,39-40H2. The van der Waals surface area contributed by atoms with E-state index < -0.39 is 5.41 Å². The first-order valence-corrected chi connectivity index (χ1v) is 27.3. The molecule has 0 saturated heterocycles. The van der Waals surface area contributed by atoms with Crippen LogP contribution in [0.1, 0.15) is 59.1 Å². The number of rotatable bonds is 4. The summed E-state index contributed by atoms with van der Waals surface area (Å²) in [6.07, 6.45) is 4.83. The van der Waals surface area contributed by atoms with Crippen molar-refractivity contribution in [1.29, 1.82) is 0 Å². The third kappa shape index (κ3) is 5.18. The topological polar surface area (TPSA) is 3.24 Å². The van der Waals surface area contributed by atoms with Crippen LogP contribution >= 0.6 is 11.3 Å². The Balaban J connectivity index is 1.06. The second kappa shape index (κ2) is 15.0. The molecule has 0 atom stereocenters. The van der Waals surface area contributed by atoms with E-state index in [9.17, 15) is 0 Å². The van der Waals surface area contributed by atoms with Gasteiger partial charge in [-0.3, -0.25) is 0 Å². The summed E-state index contributed by atoms with van der Waals surface area (Å²) in [4.78, 5) is 2.71. The Hall–Kier alpha value is -8.56. The monoisotopic (exact) mass is 957 g/mol. The first-order chi connectivity index (χ1) is 36.7. The van der Waals surface area contributed by atoms with Gasteiger partial charge in [0.2, 0.25) is 0 Å². The summed E-state index contributed by atoms with van der Waals surface area (Å²) in [5.41, 5.74) is 21.9. The van der Waals surface area contributed by atoms with Crippen LogP contribution in [0, 0.1) is 0 Å². The van der Waals surface area contributed by atoms with Crippen LogP contribution in [-0.2, 0) is 10.8 Å². The first kappa shape index (κ1) is 41.0. The summed E-state index contributed by atoms with van der Waals surface area (Å²) in [5.74, 6) is 0. The summed E-state index contributed by atoms with van der Waals surface area (Å²) in [5, 5.41) is 10.3. The van der Waals surface area contributed by atoms with Gasteiger partial charge in [0.05, 0.1) is 16.8 Å². The van der Waals surface area contributed by atoms with Crippen LogP contribution in [0.15, 0.2) is 237 Å². The molecule has 74 heavy (non-hydrogen) atoms. The molecule has 0 radical (unpaired) electrons. The zero-order chi connectivity index (χ0) is 48.3. The van der Waals surface area contributed by atoms with Gasteiger partial charge < -0.3 is 4.90 Å². The minimum atomic E-state index is -0.528. The molecule has 1 nitrogen and oxygen atoms in total. The van der Waals surface area contributed by atoms with Gasteiger partial charge in [-0.2, -0.15) is 0 Å². The predicted octanol–water partition coefficient (Wildman–Crippen LogP) is 19.8. The molecule has 2 spiro atoms. The number of benzene rings is 12. The van der Waals surface area contributed by atoms with Gasteiger partial charge in [0.15, 0.2) is 0 Å². The van der Waals surface area contributed by atoms with E-state index in [2.05, 4.69) is 241 Å². The average Bonchev–Trinajstić information content (AvgIpc) is 4.41. The molecule has 4 aliphatic rings. The van der Waals surface area contributed by atoms with Crippen LogP contribution in [-0.4, -0.2) is 0 Å². The van der Waals surface area contributed by atoms with Gasteiger partial charge in [0.1, 0.15) is 0 Å². The lowest BCUT2D eigenvalue weighted by atomic mass is 9.70. The van der Waals surface area contributed by atoms with Crippen molar-refractivity contribution in [2.75, 3.05) is 4.90 Å². The van der Waals surface area contributed by atoms with Crippen molar-refractivity contribution in [3.05, 3.63) is 270 Å². The molecule has 17 rings (SSSR count). The van der Waals surface area contributed by atoms with Crippen LogP contribution < -0.4 is 4.90 Å². The molecule has 0 amide bonds. The SMILES string of the molecule is c1ccc2c(c1)-c1c(N(c3ccc4c5ccccc5c5ccccc5c4c3)c3cc4c(cc3-c3cccc5c3sc3ccccc35)-c3ccccc3C43c4ccccc4-c4ccccc43)cccc1C21CCCC1. The van der Waals surface area contributed by atoms with Gasteiger partial charge in [-0.05, 0) is 143 Å². The molecule has 0 unspecified atom stereocenters. The van der Waals surface area contributed by atoms with E-state index in [1.54, 1.807) is 0 Å². The van der Waals surface area contributed by atoms with E-state index in [0.717, 1.165) is 5.69 Å². The van der Waals surface area contributed by atoms with Gasteiger partial charge in [0, 0.05) is 48.0 Å². The van der Waals surface area contributed by atoms with E-state index in [-0.39, 0.29) is 5.41 Å². The van der Waals surface area contributed by atoms with Crippen molar-refractivity contribution in [3.63, 3.8) is 0 Å². The molecule has 346 valence electrons. The fourth-order valence-electron chi connectivity index (χ4n) is 15.1. The van der Waals surface area contributed by atoms with E-state index in [1.807, 2.05) is 11.3 Å². The Morgan fingerprint density at radius 2 is 0.811 bits per heavy atom. The molecule has 2 heteroatoms. The summed E-state index contributed by atoms with van der Waals surface area (Å²) in [6.45, 7) is 0. The fraction of sp³-hybridized carbons (Fsp3) is 0.0833. The third-order valence-corrected chi connectivity index (χ3v) is 19.2. The Kier molecular flexibility index (Phi) is 8.31. The number of nitrogens with zero attached hydrogens (tertiary/aromatic N) is 1. The lowest BCUT2D eigenvalue weighted by Gasteiger charge is -2.34. The maximum absolute atomic E-state index is 2.71. The zero-order valence-electron chi connectivity index (χ0n) is 40.7. The smallest absolute Gasteiger partial charge is 0.0726 e. The third-order valence-electron chi connectivity index (χ3n) is 18.0. The second-order valence-corrected chi connectivity index (χ2v) is 22.3. The number of hydrogen-bond donors (Lipinski definition) is 0. The molecule has 1 aromatic heterocycles. The lowest BCUT2D eigenvalue weighted by molar-refractivity contribution is 0.550. The highest BCUT2D eigenvalue weighted by Crippen LogP contribution is 2.66. The quantitative estimate of drug-likeness (QED) is 0.159. The van der Waals surface area contributed by atoms with Gasteiger partial charge in [0.25, 0.3) is 0 Å². The molecular formula is C72H47NS.